The lowest BCUT2D eigenvalue weighted by Gasteiger charge is -2.08. The first-order chi connectivity index (χ1) is 10.5. The van der Waals surface area contributed by atoms with Crippen LogP contribution in [-0.4, -0.2) is 17.4 Å². The maximum absolute atomic E-state index is 10.7. The molecule has 0 unspecified atom stereocenters. The van der Waals surface area contributed by atoms with E-state index in [2.05, 4.69) is 5.32 Å². The highest BCUT2D eigenvalue weighted by molar-refractivity contribution is 5.75. The van der Waals surface area contributed by atoms with Crippen LogP contribution in [0.3, 0.4) is 0 Å². The maximum atomic E-state index is 10.7. The summed E-state index contributed by atoms with van der Waals surface area (Å²) in [7, 11) is 0. The number of carbonyl (C=O) groups is 1. The number of nitrogens with one attached hydrogen (secondary N) is 1. The molecule has 0 radical (unpaired) electrons. The monoisotopic (exact) mass is 301 g/mol. The summed E-state index contributed by atoms with van der Waals surface area (Å²) < 4.78 is 5.22. The molecule has 0 heterocycles. The van der Waals surface area contributed by atoms with Crippen molar-refractivity contribution in [2.75, 3.05) is 11.9 Å². The molecule has 0 aliphatic rings. The Kier molecular flexibility index (Phi) is 4.92. The molecule has 2 aromatic rings. The molecule has 0 saturated carbocycles. The number of hydrogen-bond acceptors (Lipinski definition) is 5. The van der Waals surface area contributed by atoms with Crippen LogP contribution in [-0.2, 0) is 11.3 Å². The number of rotatable bonds is 7. The van der Waals surface area contributed by atoms with Crippen molar-refractivity contribution in [3.63, 3.8) is 0 Å². The third kappa shape index (κ3) is 4.48. The highest BCUT2D eigenvalue weighted by Gasteiger charge is 2.04. The van der Waals surface area contributed by atoms with Crippen LogP contribution < -0.4 is 15.8 Å². The van der Waals surface area contributed by atoms with E-state index in [1.165, 1.54) is 12.1 Å². The average Bonchev–Trinajstić information content (AvgIpc) is 2.52. The summed E-state index contributed by atoms with van der Waals surface area (Å²) in [6, 6.07) is 13.4. The van der Waals surface area contributed by atoms with Crippen LogP contribution in [0.15, 0.2) is 48.5 Å². The van der Waals surface area contributed by atoms with Gasteiger partial charge >= 0.3 is 0 Å². The van der Waals surface area contributed by atoms with Crippen LogP contribution in [0.25, 0.3) is 0 Å². The molecule has 1 amide bonds. The van der Waals surface area contributed by atoms with Crippen LogP contribution in [0.4, 0.5) is 11.4 Å². The van der Waals surface area contributed by atoms with E-state index in [-0.39, 0.29) is 12.3 Å². The zero-order valence-electron chi connectivity index (χ0n) is 11.7. The van der Waals surface area contributed by atoms with Gasteiger partial charge in [0.2, 0.25) is 0 Å². The minimum atomic E-state index is -0.533. The molecule has 0 saturated heterocycles. The van der Waals surface area contributed by atoms with E-state index in [0.29, 0.717) is 12.3 Å². The second kappa shape index (κ2) is 7.07. The Bertz CT molecular complexity index is 671. The largest absolute Gasteiger partial charge is 0.484 e. The van der Waals surface area contributed by atoms with Crippen LogP contribution in [0, 0.1) is 10.1 Å². The van der Waals surface area contributed by atoms with Crippen molar-refractivity contribution in [1.29, 1.82) is 0 Å². The number of amides is 1. The fraction of sp³-hybridized carbons (Fsp3) is 0.133. The SMILES string of the molecule is NC(=O)COc1cccc(CNc2ccc([N+](=O)[O-])cc2)c1. The van der Waals surface area contributed by atoms with E-state index in [4.69, 9.17) is 10.5 Å². The number of carbonyl (C=O) groups excluding carboxylic acids is 1. The van der Waals surface area contributed by atoms with Crippen molar-refractivity contribution in [1.82, 2.24) is 0 Å². The molecule has 0 spiro atoms. The molecular formula is C15H15N3O4. The van der Waals surface area contributed by atoms with Gasteiger partial charge in [-0.1, -0.05) is 12.1 Å². The lowest BCUT2D eigenvalue weighted by molar-refractivity contribution is -0.384. The molecule has 0 atom stereocenters. The van der Waals surface area contributed by atoms with Gasteiger partial charge in [0, 0.05) is 24.4 Å². The van der Waals surface area contributed by atoms with Crippen molar-refractivity contribution in [2.45, 2.75) is 6.54 Å². The number of nitrogens with two attached hydrogens (primary N) is 1. The first-order valence-corrected chi connectivity index (χ1v) is 6.53. The molecule has 0 bridgehead atoms. The van der Waals surface area contributed by atoms with E-state index in [0.717, 1.165) is 11.3 Å². The third-order valence-electron chi connectivity index (χ3n) is 2.85. The van der Waals surface area contributed by atoms with Gasteiger partial charge in [0.05, 0.1) is 4.92 Å². The molecule has 22 heavy (non-hydrogen) atoms. The minimum Gasteiger partial charge on any atom is -0.484 e. The lowest BCUT2D eigenvalue weighted by Crippen LogP contribution is -2.20. The Morgan fingerprint density at radius 2 is 1.95 bits per heavy atom. The molecular weight excluding hydrogens is 286 g/mol. The number of nitro groups is 1. The topological polar surface area (TPSA) is 107 Å². The van der Waals surface area contributed by atoms with Crippen molar-refractivity contribution < 1.29 is 14.5 Å². The number of nitro benzene ring substituents is 1. The lowest BCUT2D eigenvalue weighted by atomic mass is 10.2. The van der Waals surface area contributed by atoms with E-state index in [1.807, 2.05) is 12.1 Å². The predicted octanol–water partition coefficient (Wildman–Crippen LogP) is 2.07. The van der Waals surface area contributed by atoms with E-state index in [1.54, 1.807) is 24.3 Å². The number of hydrogen-bond donors (Lipinski definition) is 2. The standard InChI is InChI=1S/C15H15N3O4/c16-15(19)10-22-14-3-1-2-11(8-14)9-17-12-4-6-13(7-5-12)18(20)21/h1-8,17H,9-10H2,(H2,16,19). The van der Waals surface area contributed by atoms with Gasteiger partial charge in [-0.2, -0.15) is 0 Å². The van der Waals surface area contributed by atoms with Crippen LogP contribution in [0.5, 0.6) is 5.75 Å². The smallest absolute Gasteiger partial charge is 0.269 e. The Hall–Kier alpha value is -3.09. The second-order valence-electron chi connectivity index (χ2n) is 4.56. The zero-order chi connectivity index (χ0) is 15.9. The highest BCUT2D eigenvalue weighted by atomic mass is 16.6. The molecule has 3 N–H and O–H groups in total. The molecule has 0 fully saturated rings. The molecule has 0 aliphatic heterocycles. The zero-order valence-corrected chi connectivity index (χ0v) is 11.7. The van der Waals surface area contributed by atoms with Gasteiger partial charge in [-0.25, -0.2) is 0 Å². The van der Waals surface area contributed by atoms with Gasteiger partial charge in [0.1, 0.15) is 5.75 Å². The molecule has 0 aromatic heterocycles. The summed E-state index contributed by atoms with van der Waals surface area (Å²) in [6.07, 6.45) is 0. The maximum Gasteiger partial charge on any atom is 0.269 e. The average molecular weight is 301 g/mol. The molecule has 0 aliphatic carbocycles. The fourth-order valence-electron chi connectivity index (χ4n) is 1.80. The fourth-order valence-corrected chi connectivity index (χ4v) is 1.80. The second-order valence-corrected chi connectivity index (χ2v) is 4.56. The van der Waals surface area contributed by atoms with Gasteiger partial charge in [0.15, 0.2) is 6.61 Å². The molecule has 2 aromatic carbocycles. The summed E-state index contributed by atoms with van der Waals surface area (Å²) in [5.74, 6) is 0.0243. The van der Waals surface area contributed by atoms with Gasteiger partial charge in [-0.3, -0.25) is 14.9 Å². The Balaban J connectivity index is 1.94. The number of nitrogens with zero attached hydrogens (tertiary/aromatic N) is 1. The number of non-ortho nitro benzene ring substituents is 1. The number of primary amides is 1. The summed E-state index contributed by atoms with van der Waals surface area (Å²) in [5.41, 5.74) is 6.79. The van der Waals surface area contributed by atoms with Gasteiger partial charge in [-0.15, -0.1) is 0 Å². The van der Waals surface area contributed by atoms with Crippen molar-refractivity contribution in [2.24, 2.45) is 5.73 Å². The first kappa shape index (κ1) is 15.3. The van der Waals surface area contributed by atoms with E-state index >= 15 is 0 Å². The van der Waals surface area contributed by atoms with Crippen molar-refractivity contribution >= 4 is 17.3 Å². The minimum absolute atomic E-state index is 0.0485. The Morgan fingerprint density at radius 1 is 1.23 bits per heavy atom. The number of ether oxygens (including phenoxy) is 1. The predicted molar refractivity (Wildman–Crippen MR) is 81.6 cm³/mol. The molecule has 114 valence electrons. The van der Waals surface area contributed by atoms with Gasteiger partial charge in [0.25, 0.3) is 11.6 Å². The van der Waals surface area contributed by atoms with Gasteiger partial charge in [-0.05, 0) is 29.8 Å². The van der Waals surface area contributed by atoms with Gasteiger partial charge < -0.3 is 15.8 Å². The number of benzene rings is 2. The summed E-state index contributed by atoms with van der Waals surface area (Å²) in [5, 5.41) is 13.7. The highest BCUT2D eigenvalue weighted by Crippen LogP contribution is 2.18. The number of anilines is 1. The summed E-state index contributed by atoms with van der Waals surface area (Å²) in [4.78, 5) is 20.8. The first-order valence-electron chi connectivity index (χ1n) is 6.53. The van der Waals surface area contributed by atoms with Crippen molar-refractivity contribution in [3.05, 3.63) is 64.2 Å². The van der Waals surface area contributed by atoms with Crippen LogP contribution in [0.2, 0.25) is 0 Å². The molecule has 2 rings (SSSR count). The van der Waals surface area contributed by atoms with E-state index < -0.39 is 10.8 Å². The Labute approximate surface area is 126 Å². The molecule has 7 nitrogen and oxygen atoms in total. The molecule has 7 heteroatoms. The quantitative estimate of drug-likeness (QED) is 0.601. The van der Waals surface area contributed by atoms with E-state index in [9.17, 15) is 14.9 Å². The summed E-state index contributed by atoms with van der Waals surface area (Å²) in [6.45, 7) is 0.352. The third-order valence-corrected chi connectivity index (χ3v) is 2.85. The Morgan fingerprint density at radius 3 is 2.59 bits per heavy atom. The van der Waals surface area contributed by atoms with Crippen molar-refractivity contribution in [3.8, 4) is 5.75 Å². The summed E-state index contributed by atoms with van der Waals surface area (Å²) >= 11 is 0. The van der Waals surface area contributed by atoms with Crippen LogP contribution in [0.1, 0.15) is 5.56 Å². The van der Waals surface area contributed by atoms with Crippen LogP contribution >= 0.6 is 0 Å². The normalized spacial score (nSPS) is 10.0.